The second-order valence-corrected chi connectivity index (χ2v) is 9.85. The largest absolute Gasteiger partial charge is 0.381 e. The maximum absolute atomic E-state index is 13.3. The van der Waals surface area contributed by atoms with E-state index in [-0.39, 0.29) is 42.7 Å². The molecule has 11 heteroatoms. The summed E-state index contributed by atoms with van der Waals surface area (Å²) in [7, 11) is 0. The monoisotopic (exact) mass is 512 g/mol. The Kier molecular flexibility index (Phi) is 8.69. The molecule has 0 radical (unpaired) electrons. The summed E-state index contributed by atoms with van der Waals surface area (Å²) in [6.45, 7) is 1.17. The molecule has 3 aliphatic heterocycles. The van der Waals surface area contributed by atoms with Crippen molar-refractivity contribution in [2.75, 3.05) is 45.9 Å². The molecule has 2 N–H and O–H groups in total. The molecule has 4 rings (SSSR count). The van der Waals surface area contributed by atoms with Crippen LogP contribution in [0.5, 0.6) is 0 Å². The van der Waals surface area contributed by atoms with Crippen molar-refractivity contribution < 1.29 is 27.9 Å². The number of ketones is 1. The van der Waals surface area contributed by atoms with E-state index < -0.39 is 25.0 Å². The van der Waals surface area contributed by atoms with Gasteiger partial charge >= 0.3 is 0 Å². The molecule has 0 saturated carbocycles. The number of Topliss-reactive ketones (excluding diaryl/α,β-unsaturated/α-hetero) is 1. The van der Waals surface area contributed by atoms with Crippen LogP contribution < -0.4 is 10.6 Å². The summed E-state index contributed by atoms with van der Waals surface area (Å²) in [5.41, 5.74) is 0.612. The average molecular weight is 513 g/mol. The fraction of sp³-hybridized carbons (Fsp3) is 0.625. The number of carbonyl (C=O) groups excluding carboxylic acids is 3. The number of hydrogen-bond donors (Lipinski definition) is 2. The van der Waals surface area contributed by atoms with Gasteiger partial charge in [-0.25, -0.2) is 8.78 Å². The minimum atomic E-state index is -2.68. The van der Waals surface area contributed by atoms with Crippen LogP contribution in [0.2, 0.25) is 5.02 Å². The maximum atomic E-state index is 13.3. The number of fused-ring (bicyclic) bond motifs is 1. The lowest BCUT2D eigenvalue weighted by atomic mass is 9.89. The van der Waals surface area contributed by atoms with Gasteiger partial charge in [0.1, 0.15) is 0 Å². The highest BCUT2D eigenvalue weighted by Gasteiger charge is 2.39. The van der Waals surface area contributed by atoms with E-state index in [0.29, 0.717) is 56.2 Å². The van der Waals surface area contributed by atoms with Crippen LogP contribution in [0, 0.1) is 11.8 Å². The average Bonchev–Trinajstić information content (AvgIpc) is 2.84. The van der Waals surface area contributed by atoms with E-state index in [9.17, 15) is 23.2 Å². The van der Waals surface area contributed by atoms with Crippen molar-refractivity contribution in [2.24, 2.45) is 11.8 Å². The van der Waals surface area contributed by atoms with E-state index in [2.05, 4.69) is 10.6 Å². The van der Waals surface area contributed by atoms with E-state index in [1.807, 2.05) is 4.90 Å². The molecule has 0 spiro atoms. The summed E-state index contributed by atoms with van der Waals surface area (Å²) in [6.07, 6.45) is -1.44. The summed E-state index contributed by atoms with van der Waals surface area (Å²) < 4.78 is 31.9. The zero-order valence-corrected chi connectivity index (χ0v) is 20.2. The quantitative estimate of drug-likeness (QED) is 0.516. The molecule has 3 heterocycles. The summed E-state index contributed by atoms with van der Waals surface area (Å²) in [5.74, 6) is -1.00. The molecule has 3 atom stereocenters. The SMILES string of the molecule is O=C(c1ccc(Cl)cc1)C1CCN(CC(=O)N(CC(F)F)CC2NC(=O)C3COCCC3N2)CC1. The van der Waals surface area contributed by atoms with Crippen LogP contribution in [0.25, 0.3) is 0 Å². The Bertz CT molecular complexity index is 911. The van der Waals surface area contributed by atoms with E-state index in [1.165, 1.54) is 0 Å². The number of hydrogen-bond acceptors (Lipinski definition) is 6. The molecule has 0 bridgehead atoms. The summed E-state index contributed by atoms with van der Waals surface area (Å²) in [4.78, 5) is 41.1. The Morgan fingerprint density at radius 3 is 2.57 bits per heavy atom. The second kappa shape index (κ2) is 11.7. The first-order valence-electron chi connectivity index (χ1n) is 12.0. The zero-order chi connectivity index (χ0) is 24.9. The number of piperidine rings is 1. The number of amides is 2. The highest BCUT2D eigenvalue weighted by Crippen LogP contribution is 2.23. The maximum Gasteiger partial charge on any atom is 0.255 e. The topological polar surface area (TPSA) is 91.0 Å². The van der Waals surface area contributed by atoms with Crippen LogP contribution in [-0.4, -0.2) is 92.0 Å². The Labute approximate surface area is 208 Å². The van der Waals surface area contributed by atoms with Crippen LogP contribution in [0.3, 0.4) is 0 Å². The van der Waals surface area contributed by atoms with Gasteiger partial charge in [0, 0.05) is 29.2 Å². The Morgan fingerprint density at radius 2 is 1.89 bits per heavy atom. The minimum absolute atomic E-state index is 0.00483. The number of carbonyl (C=O) groups is 3. The number of ether oxygens (including phenoxy) is 1. The molecule has 2 amide bonds. The lowest BCUT2D eigenvalue weighted by Gasteiger charge is -2.41. The van der Waals surface area contributed by atoms with Crippen molar-refractivity contribution in [1.29, 1.82) is 0 Å². The lowest BCUT2D eigenvalue weighted by molar-refractivity contribution is -0.140. The van der Waals surface area contributed by atoms with Gasteiger partial charge < -0.3 is 15.0 Å². The standard InChI is InChI=1S/C24H31ClF2N4O4/c25-17-3-1-15(2-4-17)23(33)16-5-8-30(9-6-16)13-22(32)31(11-20(26)27)12-21-28-19-7-10-35-14-18(19)24(34)29-21/h1-4,16,18-21,28H,5-14H2,(H,29,34). The third kappa shape index (κ3) is 6.75. The summed E-state index contributed by atoms with van der Waals surface area (Å²) >= 11 is 5.90. The number of halogens is 3. The molecule has 1 aromatic carbocycles. The van der Waals surface area contributed by atoms with Gasteiger partial charge in [0.15, 0.2) is 5.78 Å². The van der Waals surface area contributed by atoms with Gasteiger partial charge in [-0.1, -0.05) is 11.6 Å². The van der Waals surface area contributed by atoms with Crippen LogP contribution >= 0.6 is 11.6 Å². The molecule has 35 heavy (non-hydrogen) atoms. The van der Waals surface area contributed by atoms with Gasteiger partial charge in [0.2, 0.25) is 11.8 Å². The zero-order valence-electron chi connectivity index (χ0n) is 19.4. The van der Waals surface area contributed by atoms with E-state index >= 15 is 0 Å². The highest BCUT2D eigenvalue weighted by atomic mass is 35.5. The Morgan fingerprint density at radius 1 is 1.17 bits per heavy atom. The van der Waals surface area contributed by atoms with Crippen LogP contribution in [0.15, 0.2) is 24.3 Å². The normalized spacial score (nSPS) is 25.7. The Hall–Kier alpha value is -2.14. The van der Waals surface area contributed by atoms with E-state index in [4.69, 9.17) is 16.3 Å². The predicted octanol–water partition coefficient (Wildman–Crippen LogP) is 1.78. The third-order valence-corrected chi connectivity index (χ3v) is 7.24. The molecule has 3 unspecified atom stereocenters. The molecule has 192 valence electrons. The highest BCUT2D eigenvalue weighted by molar-refractivity contribution is 6.30. The van der Waals surface area contributed by atoms with Crippen molar-refractivity contribution in [2.45, 2.75) is 37.9 Å². The molecular formula is C24H31ClF2N4O4. The van der Waals surface area contributed by atoms with Gasteiger partial charge in [-0.3, -0.25) is 24.6 Å². The lowest BCUT2D eigenvalue weighted by Crippen LogP contribution is -2.67. The molecule has 3 aliphatic rings. The fourth-order valence-corrected chi connectivity index (χ4v) is 5.16. The number of benzene rings is 1. The van der Waals surface area contributed by atoms with Crippen molar-refractivity contribution in [3.63, 3.8) is 0 Å². The first-order chi connectivity index (χ1) is 16.8. The summed E-state index contributed by atoms with van der Waals surface area (Å²) in [5, 5.41) is 6.63. The van der Waals surface area contributed by atoms with Gasteiger partial charge in [-0.05, 0) is 56.6 Å². The van der Waals surface area contributed by atoms with E-state index in [1.54, 1.807) is 24.3 Å². The smallest absolute Gasteiger partial charge is 0.255 e. The van der Waals surface area contributed by atoms with Crippen molar-refractivity contribution in [3.05, 3.63) is 34.9 Å². The third-order valence-electron chi connectivity index (χ3n) is 6.98. The molecule has 1 aromatic rings. The van der Waals surface area contributed by atoms with Gasteiger partial charge in [0.25, 0.3) is 6.43 Å². The van der Waals surface area contributed by atoms with Gasteiger partial charge in [0.05, 0.1) is 38.3 Å². The Balaban J connectivity index is 1.29. The molecule has 0 aromatic heterocycles. The first kappa shape index (κ1) is 25.9. The van der Waals surface area contributed by atoms with Crippen LogP contribution in [-0.2, 0) is 14.3 Å². The van der Waals surface area contributed by atoms with Crippen LogP contribution in [0.1, 0.15) is 29.6 Å². The van der Waals surface area contributed by atoms with Crippen molar-refractivity contribution in [1.82, 2.24) is 20.4 Å². The second-order valence-electron chi connectivity index (χ2n) is 9.42. The first-order valence-corrected chi connectivity index (χ1v) is 12.4. The molecule has 8 nitrogen and oxygen atoms in total. The van der Waals surface area contributed by atoms with Gasteiger partial charge in [-0.2, -0.15) is 0 Å². The van der Waals surface area contributed by atoms with Gasteiger partial charge in [-0.15, -0.1) is 0 Å². The van der Waals surface area contributed by atoms with E-state index in [0.717, 1.165) is 4.90 Å². The summed E-state index contributed by atoms with van der Waals surface area (Å²) in [6, 6.07) is 6.70. The fourth-order valence-electron chi connectivity index (χ4n) is 5.03. The number of alkyl halides is 2. The van der Waals surface area contributed by atoms with Crippen LogP contribution in [0.4, 0.5) is 8.78 Å². The molecule has 0 aliphatic carbocycles. The molecular weight excluding hydrogens is 482 g/mol. The molecule has 3 fully saturated rings. The minimum Gasteiger partial charge on any atom is -0.381 e. The van der Waals surface area contributed by atoms with Crippen molar-refractivity contribution in [3.8, 4) is 0 Å². The number of likely N-dealkylation sites (tertiary alicyclic amines) is 1. The number of rotatable bonds is 8. The predicted molar refractivity (Wildman–Crippen MR) is 125 cm³/mol. The van der Waals surface area contributed by atoms with Crippen molar-refractivity contribution >= 4 is 29.2 Å². The number of nitrogens with zero attached hydrogens (tertiary/aromatic N) is 2. The molecule has 3 saturated heterocycles. The number of nitrogens with one attached hydrogen (secondary N) is 2.